The van der Waals surface area contributed by atoms with Crippen LogP contribution in [-0.4, -0.2) is 21.7 Å². The Morgan fingerprint density at radius 2 is 2.14 bits per heavy atom. The van der Waals surface area contributed by atoms with Gasteiger partial charge < -0.3 is 5.32 Å². The van der Waals surface area contributed by atoms with Crippen molar-refractivity contribution in [1.29, 1.82) is 0 Å². The molecule has 1 aliphatic carbocycles. The van der Waals surface area contributed by atoms with E-state index in [0.717, 1.165) is 23.5 Å². The topological polar surface area (TPSA) is 53.6 Å². The minimum Gasteiger partial charge on any atom is -0.385 e. The number of hydrogen-bond acceptors (Lipinski definition) is 4. The lowest BCUT2D eigenvalue weighted by Gasteiger charge is -2.27. The summed E-state index contributed by atoms with van der Waals surface area (Å²) in [6.07, 6.45) is 7.07. The van der Waals surface area contributed by atoms with Crippen molar-refractivity contribution in [2.75, 3.05) is 11.9 Å². The summed E-state index contributed by atoms with van der Waals surface area (Å²) >= 11 is 1.59. The van der Waals surface area contributed by atoms with Gasteiger partial charge in [0.25, 0.3) is 0 Å². The largest absolute Gasteiger partial charge is 0.385 e. The van der Waals surface area contributed by atoms with Gasteiger partial charge in [0.2, 0.25) is 0 Å². The summed E-state index contributed by atoms with van der Waals surface area (Å²) in [7, 11) is 0. The molecule has 21 heavy (non-hydrogen) atoms. The molecule has 0 radical (unpaired) electrons. The molecule has 1 aromatic carbocycles. The first kappa shape index (κ1) is 14.4. The van der Waals surface area contributed by atoms with Crippen LogP contribution in [0.4, 0.5) is 5.69 Å². The Hall–Kier alpha value is -1.49. The van der Waals surface area contributed by atoms with Gasteiger partial charge in [0.1, 0.15) is 6.33 Å². The average molecular weight is 302 g/mol. The molecule has 1 aliphatic rings. The van der Waals surface area contributed by atoms with Crippen molar-refractivity contribution in [3.8, 4) is 0 Å². The molecule has 112 valence electrons. The Morgan fingerprint density at radius 1 is 1.29 bits per heavy atom. The first-order valence-corrected chi connectivity index (χ1v) is 8.48. The van der Waals surface area contributed by atoms with E-state index in [1.165, 1.54) is 42.6 Å². The summed E-state index contributed by atoms with van der Waals surface area (Å²) < 4.78 is 0. The average Bonchev–Trinajstić information content (AvgIpc) is 3.00. The molecule has 0 aliphatic heterocycles. The molecule has 2 atom stereocenters. The van der Waals surface area contributed by atoms with Crippen LogP contribution in [0.15, 0.2) is 40.6 Å². The van der Waals surface area contributed by atoms with E-state index in [0.29, 0.717) is 0 Å². The zero-order chi connectivity index (χ0) is 14.5. The molecule has 2 aromatic rings. The van der Waals surface area contributed by atoms with Crippen LogP contribution in [0.1, 0.15) is 32.6 Å². The van der Waals surface area contributed by atoms with E-state index < -0.39 is 0 Å². The van der Waals surface area contributed by atoms with E-state index in [4.69, 9.17) is 0 Å². The number of aromatic amines is 1. The normalized spacial score (nSPS) is 22.1. The molecule has 1 heterocycles. The van der Waals surface area contributed by atoms with E-state index in [1.807, 2.05) is 0 Å². The van der Waals surface area contributed by atoms with Gasteiger partial charge in [0, 0.05) is 17.1 Å². The molecule has 5 heteroatoms. The van der Waals surface area contributed by atoms with Gasteiger partial charge in [-0.05, 0) is 48.9 Å². The molecule has 2 N–H and O–H groups in total. The van der Waals surface area contributed by atoms with Gasteiger partial charge in [-0.2, -0.15) is 5.10 Å². The minimum atomic E-state index is 0.826. The molecule has 1 aromatic heterocycles. The van der Waals surface area contributed by atoms with Crippen molar-refractivity contribution in [2.45, 2.75) is 42.7 Å². The van der Waals surface area contributed by atoms with E-state index in [2.05, 4.69) is 51.7 Å². The Labute approximate surface area is 130 Å². The van der Waals surface area contributed by atoms with Crippen LogP contribution in [0.2, 0.25) is 0 Å². The highest BCUT2D eigenvalue weighted by molar-refractivity contribution is 7.99. The molecule has 1 fully saturated rings. The first-order chi connectivity index (χ1) is 10.3. The number of hydrogen-bond donors (Lipinski definition) is 2. The fourth-order valence-electron chi connectivity index (χ4n) is 3.00. The Balaban J connectivity index is 1.50. The first-order valence-electron chi connectivity index (χ1n) is 7.67. The van der Waals surface area contributed by atoms with Gasteiger partial charge in [-0.3, -0.25) is 5.10 Å². The lowest BCUT2D eigenvalue weighted by Crippen LogP contribution is -2.20. The summed E-state index contributed by atoms with van der Waals surface area (Å²) in [5, 5.41) is 11.1. The second kappa shape index (κ2) is 6.98. The van der Waals surface area contributed by atoms with Crippen molar-refractivity contribution in [2.24, 2.45) is 11.8 Å². The molecule has 0 bridgehead atoms. The molecule has 0 saturated heterocycles. The van der Waals surface area contributed by atoms with E-state index in [1.54, 1.807) is 11.8 Å². The molecular weight excluding hydrogens is 280 g/mol. The van der Waals surface area contributed by atoms with Crippen LogP contribution in [-0.2, 0) is 0 Å². The molecule has 2 unspecified atom stereocenters. The van der Waals surface area contributed by atoms with Gasteiger partial charge in [-0.25, -0.2) is 4.98 Å². The molecule has 4 nitrogen and oxygen atoms in total. The van der Waals surface area contributed by atoms with Crippen LogP contribution in [0.5, 0.6) is 0 Å². The molecule has 0 amide bonds. The highest BCUT2D eigenvalue weighted by Gasteiger charge is 2.18. The lowest BCUT2D eigenvalue weighted by atomic mass is 9.82. The third-order valence-corrected chi connectivity index (χ3v) is 5.00. The van der Waals surface area contributed by atoms with Crippen molar-refractivity contribution in [3.05, 3.63) is 30.6 Å². The van der Waals surface area contributed by atoms with Crippen molar-refractivity contribution in [1.82, 2.24) is 15.2 Å². The molecule has 3 rings (SSSR count). The van der Waals surface area contributed by atoms with E-state index in [-0.39, 0.29) is 0 Å². The van der Waals surface area contributed by atoms with Crippen LogP contribution < -0.4 is 5.32 Å². The maximum Gasteiger partial charge on any atom is 0.188 e. The SMILES string of the molecule is CC1CCCC(CNc2ccc(Sc3ncn[nH]3)cc2)C1. The predicted octanol–water partition coefficient (Wildman–Crippen LogP) is 4.19. The van der Waals surface area contributed by atoms with Crippen molar-refractivity contribution >= 4 is 17.4 Å². The maximum atomic E-state index is 4.12. The predicted molar refractivity (Wildman–Crippen MR) is 86.6 cm³/mol. The van der Waals surface area contributed by atoms with Crippen LogP contribution in [0.25, 0.3) is 0 Å². The monoisotopic (exact) mass is 302 g/mol. The third kappa shape index (κ3) is 4.24. The standard InChI is InChI=1S/C16H22N4S/c1-12-3-2-4-13(9-12)10-17-14-5-7-15(8-6-14)21-16-18-11-19-20-16/h5-8,11-13,17H,2-4,9-10H2,1H3,(H,18,19,20). The second-order valence-electron chi connectivity index (χ2n) is 5.94. The minimum absolute atomic E-state index is 0.826. The Bertz CT molecular complexity index is 538. The van der Waals surface area contributed by atoms with E-state index in [9.17, 15) is 0 Å². The number of nitrogens with zero attached hydrogens (tertiary/aromatic N) is 2. The number of rotatable bonds is 5. The summed E-state index contributed by atoms with van der Waals surface area (Å²) in [6.45, 7) is 3.47. The van der Waals surface area contributed by atoms with Gasteiger partial charge in [-0.1, -0.05) is 31.5 Å². The second-order valence-corrected chi connectivity index (χ2v) is 7.00. The summed E-state index contributed by atoms with van der Waals surface area (Å²) in [6, 6.07) is 8.54. The Kier molecular flexibility index (Phi) is 4.80. The van der Waals surface area contributed by atoms with Gasteiger partial charge in [0.05, 0.1) is 0 Å². The lowest BCUT2D eigenvalue weighted by molar-refractivity contribution is 0.293. The Morgan fingerprint density at radius 3 is 2.86 bits per heavy atom. The zero-order valence-electron chi connectivity index (χ0n) is 12.4. The van der Waals surface area contributed by atoms with Crippen molar-refractivity contribution < 1.29 is 0 Å². The number of benzene rings is 1. The summed E-state index contributed by atoms with van der Waals surface area (Å²) in [4.78, 5) is 5.29. The molecular formula is C16H22N4S. The summed E-state index contributed by atoms with van der Waals surface area (Å²) in [5.41, 5.74) is 1.20. The fourth-order valence-corrected chi connectivity index (χ4v) is 3.70. The third-order valence-electron chi connectivity index (χ3n) is 4.10. The fraction of sp³-hybridized carbons (Fsp3) is 0.500. The highest BCUT2D eigenvalue weighted by atomic mass is 32.2. The number of anilines is 1. The number of nitrogens with one attached hydrogen (secondary N) is 2. The van der Waals surface area contributed by atoms with Crippen molar-refractivity contribution in [3.63, 3.8) is 0 Å². The molecule has 0 spiro atoms. The zero-order valence-corrected chi connectivity index (χ0v) is 13.2. The maximum absolute atomic E-state index is 4.12. The van der Waals surface area contributed by atoms with Gasteiger partial charge >= 0.3 is 0 Å². The number of aromatic nitrogens is 3. The van der Waals surface area contributed by atoms with Crippen LogP contribution in [0.3, 0.4) is 0 Å². The summed E-state index contributed by atoms with van der Waals surface area (Å²) in [5.74, 6) is 1.73. The van der Waals surface area contributed by atoms with E-state index >= 15 is 0 Å². The number of H-pyrrole nitrogens is 1. The van der Waals surface area contributed by atoms with Gasteiger partial charge in [0.15, 0.2) is 5.16 Å². The van der Waals surface area contributed by atoms with Gasteiger partial charge in [-0.15, -0.1) is 0 Å². The quantitative estimate of drug-likeness (QED) is 0.869. The van der Waals surface area contributed by atoms with Crippen LogP contribution in [0, 0.1) is 11.8 Å². The molecule has 1 saturated carbocycles. The van der Waals surface area contributed by atoms with Crippen LogP contribution >= 0.6 is 11.8 Å². The highest BCUT2D eigenvalue weighted by Crippen LogP contribution is 2.29. The smallest absolute Gasteiger partial charge is 0.188 e.